The van der Waals surface area contributed by atoms with E-state index in [0.717, 1.165) is 3.57 Å². The molecule has 1 aliphatic rings. The largest absolute Gasteiger partial charge is 0.320 e. The van der Waals surface area contributed by atoms with Gasteiger partial charge in [-0.25, -0.2) is 0 Å². The van der Waals surface area contributed by atoms with Gasteiger partial charge < -0.3 is 4.90 Å². The van der Waals surface area contributed by atoms with Crippen LogP contribution in [0.25, 0.3) is 0 Å². The highest BCUT2D eigenvalue weighted by Crippen LogP contribution is 2.21. The molecular weight excluding hydrogens is 415 g/mol. The minimum atomic E-state index is -0.457. The maximum Gasteiger partial charge on any atom is 0.255 e. The maximum absolute atomic E-state index is 12.2. The normalized spacial score (nSPS) is 15.6. The van der Waals surface area contributed by atoms with Crippen molar-refractivity contribution in [2.24, 2.45) is 0 Å². The first-order chi connectivity index (χ1) is 8.47. The van der Waals surface area contributed by atoms with Gasteiger partial charge in [0, 0.05) is 8.04 Å². The highest BCUT2D eigenvalue weighted by molar-refractivity contribution is 14.1. The van der Waals surface area contributed by atoms with E-state index in [0.29, 0.717) is 10.0 Å². The molecule has 0 bridgehead atoms. The van der Waals surface area contributed by atoms with Gasteiger partial charge in [0.15, 0.2) is 0 Å². The molecular formula is C11H8BrIN2O3. The maximum atomic E-state index is 12.2. The summed E-state index contributed by atoms with van der Waals surface area (Å²) in [7, 11) is 0. The molecule has 5 nitrogen and oxygen atoms in total. The second kappa shape index (κ2) is 5.35. The van der Waals surface area contributed by atoms with Crippen molar-refractivity contribution >= 4 is 56.2 Å². The summed E-state index contributed by atoms with van der Waals surface area (Å²) in [5, 5.41) is 2.16. The van der Waals surface area contributed by atoms with Gasteiger partial charge in [0.2, 0.25) is 11.8 Å². The van der Waals surface area contributed by atoms with Crippen molar-refractivity contribution in [1.29, 1.82) is 0 Å². The second-order valence-electron chi connectivity index (χ2n) is 3.76. The fourth-order valence-electron chi connectivity index (χ4n) is 1.61. The molecule has 1 saturated heterocycles. The van der Waals surface area contributed by atoms with Gasteiger partial charge in [-0.05, 0) is 56.7 Å². The molecule has 1 aliphatic heterocycles. The molecule has 1 aromatic carbocycles. The summed E-state index contributed by atoms with van der Waals surface area (Å²) in [5.41, 5.74) is 0.449. The number of nitrogens with zero attached hydrogens (tertiary/aromatic N) is 1. The van der Waals surface area contributed by atoms with Crippen LogP contribution >= 0.6 is 38.5 Å². The zero-order valence-electron chi connectivity index (χ0n) is 9.07. The van der Waals surface area contributed by atoms with Gasteiger partial charge in [-0.2, -0.15) is 0 Å². The van der Waals surface area contributed by atoms with Crippen LogP contribution in [0.2, 0.25) is 0 Å². The number of benzene rings is 1. The Balaban J connectivity index is 2.28. The Morgan fingerprint density at radius 3 is 2.50 bits per heavy atom. The van der Waals surface area contributed by atoms with Crippen LogP contribution in [0.15, 0.2) is 22.7 Å². The SMILES string of the molecule is O=C1CN(C(=O)c2cc(I)ccc2Br)CC(=O)N1. The minimum Gasteiger partial charge on any atom is -0.320 e. The van der Waals surface area contributed by atoms with E-state index in [1.165, 1.54) is 4.90 Å². The van der Waals surface area contributed by atoms with Crippen molar-refractivity contribution in [3.63, 3.8) is 0 Å². The van der Waals surface area contributed by atoms with Gasteiger partial charge in [-0.15, -0.1) is 0 Å². The molecule has 1 aromatic rings. The van der Waals surface area contributed by atoms with Crippen molar-refractivity contribution in [3.05, 3.63) is 31.8 Å². The van der Waals surface area contributed by atoms with E-state index < -0.39 is 11.8 Å². The third kappa shape index (κ3) is 2.89. The Morgan fingerprint density at radius 1 is 1.28 bits per heavy atom. The number of imide groups is 1. The quantitative estimate of drug-likeness (QED) is 0.545. The van der Waals surface area contributed by atoms with Crippen molar-refractivity contribution in [2.45, 2.75) is 0 Å². The average Bonchev–Trinajstić information content (AvgIpc) is 2.30. The lowest BCUT2D eigenvalue weighted by atomic mass is 10.2. The van der Waals surface area contributed by atoms with Crippen LogP contribution in [0.4, 0.5) is 0 Å². The van der Waals surface area contributed by atoms with Crippen LogP contribution in [0, 0.1) is 3.57 Å². The lowest BCUT2D eigenvalue weighted by Crippen LogP contribution is -2.53. The molecule has 0 aliphatic carbocycles. The molecule has 18 heavy (non-hydrogen) atoms. The van der Waals surface area contributed by atoms with E-state index in [2.05, 4.69) is 43.8 Å². The van der Waals surface area contributed by atoms with Gasteiger partial charge in [0.05, 0.1) is 5.56 Å². The highest BCUT2D eigenvalue weighted by atomic mass is 127. The summed E-state index contributed by atoms with van der Waals surface area (Å²) in [6.45, 7) is -0.190. The van der Waals surface area contributed by atoms with E-state index in [1.807, 2.05) is 6.07 Å². The van der Waals surface area contributed by atoms with E-state index in [-0.39, 0.29) is 19.0 Å². The minimum absolute atomic E-state index is 0.0948. The monoisotopic (exact) mass is 422 g/mol. The summed E-state index contributed by atoms with van der Waals surface area (Å²) < 4.78 is 1.55. The Bertz CT molecular complexity index is 531. The number of piperazine rings is 1. The smallest absolute Gasteiger partial charge is 0.255 e. The fourth-order valence-corrected chi connectivity index (χ4v) is 2.52. The van der Waals surface area contributed by atoms with Crippen LogP contribution in [-0.2, 0) is 9.59 Å². The summed E-state index contributed by atoms with van der Waals surface area (Å²) >= 11 is 5.39. The first kappa shape index (κ1) is 13.5. The number of amides is 3. The van der Waals surface area contributed by atoms with Gasteiger partial charge in [-0.3, -0.25) is 19.7 Å². The van der Waals surface area contributed by atoms with Crippen molar-refractivity contribution in [3.8, 4) is 0 Å². The Labute approximate surface area is 125 Å². The molecule has 3 amide bonds. The van der Waals surface area contributed by atoms with Crippen molar-refractivity contribution in [1.82, 2.24) is 10.2 Å². The molecule has 2 rings (SSSR count). The number of hydrogen-bond donors (Lipinski definition) is 1. The topological polar surface area (TPSA) is 66.5 Å². The number of carbonyl (C=O) groups excluding carboxylic acids is 3. The van der Waals surface area contributed by atoms with Crippen LogP contribution in [-0.4, -0.2) is 35.7 Å². The van der Waals surface area contributed by atoms with E-state index in [1.54, 1.807) is 12.1 Å². The molecule has 7 heteroatoms. The van der Waals surface area contributed by atoms with Gasteiger partial charge in [0.25, 0.3) is 5.91 Å². The van der Waals surface area contributed by atoms with E-state index >= 15 is 0 Å². The molecule has 0 unspecified atom stereocenters. The number of halogens is 2. The second-order valence-corrected chi connectivity index (χ2v) is 5.86. The van der Waals surface area contributed by atoms with Gasteiger partial charge in [0.1, 0.15) is 13.1 Å². The average molecular weight is 423 g/mol. The van der Waals surface area contributed by atoms with Crippen molar-refractivity contribution < 1.29 is 14.4 Å². The molecule has 94 valence electrons. The molecule has 0 aromatic heterocycles. The van der Waals surface area contributed by atoms with Crippen LogP contribution < -0.4 is 5.32 Å². The Kier molecular flexibility index (Phi) is 4.00. The van der Waals surface area contributed by atoms with Crippen LogP contribution in [0.1, 0.15) is 10.4 Å². The number of carbonyl (C=O) groups is 3. The predicted molar refractivity (Wildman–Crippen MR) is 75.9 cm³/mol. The number of rotatable bonds is 1. The predicted octanol–water partition coefficient (Wildman–Crippen LogP) is 1.15. The summed E-state index contributed by atoms with van der Waals surface area (Å²) in [4.78, 5) is 35.9. The molecule has 1 fully saturated rings. The lowest BCUT2D eigenvalue weighted by Gasteiger charge is -2.25. The van der Waals surface area contributed by atoms with Crippen LogP contribution in [0.3, 0.4) is 0 Å². The summed E-state index contributed by atoms with van der Waals surface area (Å²) in [6, 6.07) is 5.33. The summed E-state index contributed by atoms with van der Waals surface area (Å²) in [5.74, 6) is -1.24. The summed E-state index contributed by atoms with van der Waals surface area (Å²) in [6.07, 6.45) is 0. The van der Waals surface area contributed by atoms with Crippen molar-refractivity contribution in [2.75, 3.05) is 13.1 Å². The Hall–Kier alpha value is -0.960. The van der Waals surface area contributed by atoms with E-state index in [9.17, 15) is 14.4 Å². The lowest BCUT2D eigenvalue weighted by molar-refractivity contribution is -0.135. The molecule has 0 radical (unpaired) electrons. The van der Waals surface area contributed by atoms with Crippen LogP contribution in [0.5, 0.6) is 0 Å². The third-order valence-electron chi connectivity index (χ3n) is 2.39. The van der Waals surface area contributed by atoms with Gasteiger partial charge in [-0.1, -0.05) is 0 Å². The Morgan fingerprint density at radius 2 is 1.89 bits per heavy atom. The van der Waals surface area contributed by atoms with E-state index in [4.69, 9.17) is 0 Å². The zero-order valence-corrected chi connectivity index (χ0v) is 12.8. The highest BCUT2D eigenvalue weighted by Gasteiger charge is 2.28. The number of hydrogen-bond acceptors (Lipinski definition) is 3. The molecule has 1 heterocycles. The molecule has 0 saturated carbocycles. The zero-order chi connectivity index (χ0) is 13.3. The standard InChI is InChI=1S/C11H8BrIN2O3/c12-8-2-1-6(13)3-7(8)11(18)15-4-9(16)14-10(17)5-15/h1-3H,4-5H2,(H,14,16,17). The fraction of sp³-hybridized carbons (Fsp3) is 0.182. The number of nitrogens with one attached hydrogen (secondary N) is 1. The molecule has 1 N–H and O–H groups in total. The first-order valence-corrected chi connectivity index (χ1v) is 6.91. The third-order valence-corrected chi connectivity index (χ3v) is 3.76. The van der Waals surface area contributed by atoms with Gasteiger partial charge >= 0.3 is 0 Å². The first-order valence-electron chi connectivity index (χ1n) is 5.04. The molecule has 0 atom stereocenters. The molecule has 0 spiro atoms.